The van der Waals surface area contributed by atoms with E-state index in [9.17, 15) is 9.59 Å². The number of ether oxygens (including phenoxy) is 1. The van der Waals surface area contributed by atoms with Gasteiger partial charge in [-0.25, -0.2) is 0 Å². The van der Waals surface area contributed by atoms with Crippen LogP contribution in [-0.2, 0) is 16.0 Å². The average Bonchev–Trinajstić information content (AvgIpc) is 2.44. The van der Waals surface area contributed by atoms with Crippen LogP contribution >= 0.6 is 0 Å². The topological polar surface area (TPSA) is 67.4 Å². The molecule has 5 heteroatoms. The van der Waals surface area contributed by atoms with Gasteiger partial charge >= 0.3 is 11.8 Å². The van der Waals surface area contributed by atoms with E-state index in [1.54, 1.807) is 7.11 Å². The first kappa shape index (κ1) is 16.0. The highest BCUT2D eigenvalue weighted by Gasteiger charge is 2.12. The molecular formula is C15H22N2O3. The number of nitrogens with one attached hydrogen (secondary N) is 2. The van der Waals surface area contributed by atoms with E-state index in [-0.39, 0.29) is 0 Å². The maximum absolute atomic E-state index is 11.5. The highest BCUT2D eigenvalue weighted by atomic mass is 16.5. The lowest BCUT2D eigenvalue weighted by atomic mass is 10.1. The van der Waals surface area contributed by atoms with Crippen LogP contribution in [0.5, 0.6) is 5.75 Å². The molecule has 1 rings (SSSR count). The van der Waals surface area contributed by atoms with Crippen LogP contribution in [0.2, 0.25) is 0 Å². The molecule has 0 atom stereocenters. The van der Waals surface area contributed by atoms with Gasteiger partial charge < -0.3 is 15.4 Å². The summed E-state index contributed by atoms with van der Waals surface area (Å²) in [5.74, 6) is -0.0649. The average molecular weight is 278 g/mol. The lowest BCUT2D eigenvalue weighted by Crippen LogP contribution is -2.41. The minimum absolute atomic E-state index is 0.323. The molecule has 5 nitrogen and oxygen atoms in total. The third kappa shape index (κ3) is 5.73. The van der Waals surface area contributed by atoms with Gasteiger partial charge in [-0.05, 0) is 30.0 Å². The van der Waals surface area contributed by atoms with Gasteiger partial charge in [0.15, 0.2) is 0 Å². The van der Waals surface area contributed by atoms with Crippen molar-refractivity contribution in [2.45, 2.75) is 20.3 Å². The Morgan fingerprint density at radius 3 is 2.55 bits per heavy atom. The van der Waals surface area contributed by atoms with E-state index in [0.717, 1.165) is 11.3 Å². The Hall–Kier alpha value is -2.04. The number of rotatable bonds is 6. The molecule has 0 aromatic heterocycles. The fraction of sp³-hybridized carbons (Fsp3) is 0.467. The zero-order chi connectivity index (χ0) is 15.0. The number of carbonyl (C=O) groups excluding carboxylic acids is 2. The van der Waals surface area contributed by atoms with Crippen molar-refractivity contribution in [1.29, 1.82) is 0 Å². The number of methoxy groups -OCH3 is 1. The quantitative estimate of drug-likeness (QED) is 0.766. The summed E-state index contributed by atoms with van der Waals surface area (Å²) in [5, 5.41) is 5.18. The molecule has 0 saturated carbocycles. The van der Waals surface area contributed by atoms with Gasteiger partial charge in [-0.3, -0.25) is 9.59 Å². The van der Waals surface area contributed by atoms with Gasteiger partial charge in [-0.1, -0.05) is 26.0 Å². The van der Waals surface area contributed by atoms with Crippen molar-refractivity contribution in [3.63, 3.8) is 0 Å². The van der Waals surface area contributed by atoms with Crippen molar-refractivity contribution in [3.8, 4) is 5.75 Å². The van der Waals surface area contributed by atoms with Gasteiger partial charge in [-0.2, -0.15) is 0 Å². The summed E-state index contributed by atoms with van der Waals surface area (Å²) in [5.41, 5.74) is 1.05. The predicted molar refractivity (Wildman–Crippen MR) is 77.6 cm³/mol. The molecule has 20 heavy (non-hydrogen) atoms. The van der Waals surface area contributed by atoms with Gasteiger partial charge in [0.25, 0.3) is 0 Å². The van der Waals surface area contributed by atoms with Gasteiger partial charge in [0.05, 0.1) is 7.11 Å². The van der Waals surface area contributed by atoms with Crippen LogP contribution in [0.4, 0.5) is 0 Å². The molecular weight excluding hydrogens is 256 g/mol. The van der Waals surface area contributed by atoms with Crippen molar-refractivity contribution < 1.29 is 14.3 Å². The van der Waals surface area contributed by atoms with Gasteiger partial charge in [0.1, 0.15) is 5.75 Å². The molecule has 110 valence electrons. The second kappa shape index (κ2) is 8.19. The number of hydrogen-bond donors (Lipinski definition) is 2. The standard InChI is InChI=1S/C15H22N2O3/c1-11(2)10-17-15(19)14(18)16-8-7-12-5-4-6-13(9-12)20-3/h4-6,9,11H,7-8,10H2,1-3H3,(H,16,18)(H,17,19). The zero-order valence-electron chi connectivity index (χ0n) is 12.2. The van der Waals surface area contributed by atoms with Gasteiger partial charge in [-0.15, -0.1) is 0 Å². The lowest BCUT2D eigenvalue weighted by Gasteiger charge is -2.08. The molecule has 0 unspecified atom stereocenters. The summed E-state index contributed by atoms with van der Waals surface area (Å²) >= 11 is 0. The molecule has 2 N–H and O–H groups in total. The Bertz CT molecular complexity index is 458. The van der Waals surface area contributed by atoms with Gasteiger partial charge in [0.2, 0.25) is 0 Å². The Morgan fingerprint density at radius 2 is 1.90 bits per heavy atom. The molecule has 0 saturated heterocycles. The van der Waals surface area contributed by atoms with Crippen molar-refractivity contribution in [3.05, 3.63) is 29.8 Å². The van der Waals surface area contributed by atoms with Crippen LogP contribution in [-0.4, -0.2) is 32.0 Å². The van der Waals surface area contributed by atoms with Crippen LogP contribution in [0.15, 0.2) is 24.3 Å². The number of amides is 2. The highest BCUT2D eigenvalue weighted by molar-refractivity contribution is 6.35. The highest BCUT2D eigenvalue weighted by Crippen LogP contribution is 2.12. The van der Waals surface area contributed by atoms with E-state index in [1.807, 2.05) is 38.1 Å². The summed E-state index contributed by atoms with van der Waals surface area (Å²) in [6, 6.07) is 7.62. The molecule has 0 spiro atoms. The minimum Gasteiger partial charge on any atom is -0.497 e. The van der Waals surface area contributed by atoms with Crippen molar-refractivity contribution in [1.82, 2.24) is 10.6 Å². The Balaban J connectivity index is 2.32. The largest absolute Gasteiger partial charge is 0.497 e. The van der Waals surface area contributed by atoms with Crippen molar-refractivity contribution in [2.24, 2.45) is 5.92 Å². The van der Waals surface area contributed by atoms with E-state index in [1.165, 1.54) is 0 Å². The molecule has 0 aliphatic heterocycles. The SMILES string of the molecule is COc1cccc(CCNC(=O)C(=O)NCC(C)C)c1. The lowest BCUT2D eigenvalue weighted by molar-refractivity contribution is -0.139. The summed E-state index contributed by atoms with van der Waals surface area (Å²) < 4.78 is 5.12. The summed E-state index contributed by atoms with van der Waals surface area (Å²) in [6.45, 7) is 4.87. The molecule has 1 aromatic rings. The normalized spacial score (nSPS) is 10.2. The molecule has 0 aliphatic rings. The second-order valence-electron chi connectivity index (χ2n) is 4.96. The smallest absolute Gasteiger partial charge is 0.309 e. The number of carbonyl (C=O) groups is 2. The van der Waals surface area contributed by atoms with E-state index >= 15 is 0 Å². The molecule has 0 fully saturated rings. The molecule has 0 heterocycles. The molecule has 2 amide bonds. The van der Waals surface area contributed by atoms with E-state index < -0.39 is 11.8 Å². The molecule has 0 radical (unpaired) electrons. The van der Waals surface area contributed by atoms with E-state index in [4.69, 9.17) is 4.74 Å². The predicted octanol–water partition coefficient (Wildman–Crippen LogP) is 1.13. The maximum atomic E-state index is 11.5. The van der Waals surface area contributed by atoms with Crippen LogP contribution in [0.25, 0.3) is 0 Å². The second-order valence-corrected chi connectivity index (χ2v) is 4.96. The minimum atomic E-state index is -0.589. The van der Waals surface area contributed by atoms with Crippen molar-refractivity contribution in [2.75, 3.05) is 20.2 Å². The fourth-order valence-electron chi connectivity index (χ4n) is 1.61. The monoisotopic (exact) mass is 278 g/mol. The number of benzene rings is 1. The third-order valence-corrected chi connectivity index (χ3v) is 2.71. The fourth-order valence-corrected chi connectivity index (χ4v) is 1.61. The Kier molecular flexibility index (Phi) is 6.56. The van der Waals surface area contributed by atoms with E-state index in [2.05, 4.69) is 10.6 Å². The first-order valence-electron chi connectivity index (χ1n) is 6.72. The van der Waals surface area contributed by atoms with Crippen LogP contribution in [0.1, 0.15) is 19.4 Å². The molecule has 0 aliphatic carbocycles. The van der Waals surface area contributed by atoms with Crippen LogP contribution in [0.3, 0.4) is 0 Å². The van der Waals surface area contributed by atoms with Gasteiger partial charge in [0, 0.05) is 13.1 Å². The third-order valence-electron chi connectivity index (χ3n) is 2.71. The van der Waals surface area contributed by atoms with E-state index in [0.29, 0.717) is 25.4 Å². The summed E-state index contributed by atoms with van der Waals surface area (Å²) in [6.07, 6.45) is 0.653. The molecule has 0 bridgehead atoms. The van der Waals surface area contributed by atoms with Crippen molar-refractivity contribution >= 4 is 11.8 Å². The first-order valence-corrected chi connectivity index (χ1v) is 6.72. The zero-order valence-corrected chi connectivity index (χ0v) is 12.2. The summed E-state index contributed by atoms with van der Waals surface area (Å²) in [4.78, 5) is 23.0. The maximum Gasteiger partial charge on any atom is 0.309 e. The summed E-state index contributed by atoms with van der Waals surface area (Å²) in [7, 11) is 1.61. The van der Waals surface area contributed by atoms with Crippen LogP contribution < -0.4 is 15.4 Å². The number of hydrogen-bond acceptors (Lipinski definition) is 3. The molecule has 1 aromatic carbocycles. The first-order chi connectivity index (χ1) is 9.52. The Labute approximate surface area is 119 Å². The van der Waals surface area contributed by atoms with Crippen LogP contribution in [0, 0.1) is 5.92 Å². The Morgan fingerprint density at radius 1 is 1.20 bits per heavy atom.